The van der Waals surface area contributed by atoms with E-state index in [0.29, 0.717) is 0 Å². The van der Waals surface area contributed by atoms with Crippen LogP contribution in [0.25, 0.3) is 0 Å². The third kappa shape index (κ3) is 13.6. The second-order valence-corrected chi connectivity index (χ2v) is 17.6. The first-order chi connectivity index (χ1) is 33.5. The highest BCUT2D eigenvalue weighted by Crippen LogP contribution is 2.31. The number of hydrogen-bond donors (Lipinski definition) is 1. The van der Waals surface area contributed by atoms with E-state index in [2.05, 4.69) is 20.9 Å². The van der Waals surface area contributed by atoms with Gasteiger partial charge in [-0.25, -0.2) is 87.8 Å². The number of halogens is 20. The Labute approximate surface area is 398 Å². The van der Waals surface area contributed by atoms with Gasteiger partial charge in [-0.3, -0.25) is 0 Å². The number of nitrogens with one attached hydrogen (secondary N) is 1. The van der Waals surface area contributed by atoms with Crippen LogP contribution in [0.5, 0.6) is 0 Å². The topological polar surface area (TPSA) is 4.44 Å². The SMILES string of the molecule is CCCCCCCCCCCC[NH+](C)CCCCCCCCCCCC.Fc1c(F)c(F)c([B-](c2c(F)c(F)c(F)c(F)c2F)(c2c(F)c(F)c(F)c(F)c2F)c2c(F)c(F)c(F)c(F)c2F)c(F)c1F. The Balaban J connectivity index is 0.000000438. The standard InChI is InChI=1S/C25H53N.C24BF20/c1-4-6-8-10-12-14-16-18-20-22-24-26(3)25-23-21-19-17-15-13-11-9-7-5-2;26-5-1(6(27)14(35)21(42)13(5)34)25(2-7(28)15(36)22(43)16(37)8(2)29,3-9(30)17(38)23(44)18(39)10(3)31)4-11(32)19(40)24(45)20(41)12(4)33/h4-25H2,1-3H3;/q;-1/p+1. The molecule has 0 spiro atoms. The van der Waals surface area contributed by atoms with Crippen molar-refractivity contribution in [2.24, 2.45) is 0 Å². The highest BCUT2D eigenvalue weighted by atomic mass is 19.2. The zero-order valence-corrected chi connectivity index (χ0v) is 39.2. The number of rotatable bonds is 26. The minimum Gasteiger partial charge on any atom is -0.337 e. The van der Waals surface area contributed by atoms with E-state index in [4.69, 9.17) is 0 Å². The van der Waals surface area contributed by atoms with Gasteiger partial charge in [-0.1, -0.05) is 117 Å². The van der Waals surface area contributed by atoms with Crippen LogP contribution in [-0.2, 0) is 0 Å². The van der Waals surface area contributed by atoms with Crippen molar-refractivity contribution in [2.75, 3.05) is 20.1 Å². The van der Waals surface area contributed by atoms with Crippen molar-refractivity contribution in [2.45, 2.75) is 142 Å². The van der Waals surface area contributed by atoms with E-state index in [1.165, 1.54) is 142 Å². The van der Waals surface area contributed by atoms with Gasteiger partial charge in [0.2, 0.25) is 0 Å². The van der Waals surface area contributed by atoms with E-state index < -0.39 is 144 Å². The maximum Gasteiger partial charge on any atom is 0.200 e. The molecule has 0 radical (unpaired) electrons. The lowest BCUT2D eigenvalue weighted by Gasteiger charge is -2.44. The predicted octanol–water partition coefficient (Wildman–Crippen LogP) is 13.2. The maximum atomic E-state index is 15.4. The molecule has 22 heteroatoms. The minimum absolute atomic E-state index is 1.37. The molecule has 398 valence electrons. The largest absolute Gasteiger partial charge is 0.337 e. The van der Waals surface area contributed by atoms with Gasteiger partial charge in [0, 0.05) is 0 Å². The minimum atomic E-state index is -7.22. The summed E-state index contributed by atoms with van der Waals surface area (Å²) in [6.45, 7) is 7.40. The molecule has 0 saturated heterocycles. The molecule has 0 aromatic heterocycles. The third-order valence-corrected chi connectivity index (χ3v) is 12.6. The van der Waals surface area contributed by atoms with E-state index in [1.807, 2.05) is 0 Å². The van der Waals surface area contributed by atoms with Crippen LogP contribution in [-0.4, -0.2) is 26.3 Å². The molecule has 71 heavy (non-hydrogen) atoms. The Bertz CT molecular complexity index is 2000. The summed E-state index contributed by atoms with van der Waals surface area (Å²) in [6, 6.07) is 0. The van der Waals surface area contributed by atoms with Gasteiger partial charge < -0.3 is 4.90 Å². The fourth-order valence-corrected chi connectivity index (χ4v) is 8.83. The van der Waals surface area contributed by atoms with Crippen molar-refractivity contribution in [3.05, 3.63) is 116 Å². The fourth-order valence-electron chi connectivity index (χ4n) is 8.83. The molecule has 1 N–H and O–H groups in total. The summed E-state index contributed by atoms with van der Waals surface area (Å²) in [6.07, 6.45) is 21.9. The van der Waals surface area contributed by atoms with Gasteiger partial charge in [0.25, 0.3) is 0 Å². The maximum absolute atomic E-state index is 15.4. The van der Waals surface area contributed by atoms with E-state index >= 15 is 35.1 Å². The monoisotopic (exact) mass is 1050 g/mol. The molecule has 0 bridgehead atoms. The van der Waals surface area contributed by atoms with Gasteiger partial charge in [-0.15, -0.1) is 21.9 Å². The van der Waals surface area contributed by atoms with Gasteiger partial charge in [0.05, 0.1) is 20.1 Å². The second kappa shape index (κ2) is 28.1. The second-order valence-electron chi connectivity index (χ2n) is 17.6. The van der Waals surface area contributed by atoms with Crippen LogP contribution in [0.1, 0.15) is 142 Å². The average molecular weight is 1050 g/mol. The molecule has 4 aromatic carbocycles. The van der Waals surface area contributed by atoms with Crippen molar-refractivity contribution >= 4 is 28.0 Å². The Morgan fingerprint density at radius 2 is 0.366 bits per heavy atom. The molecule has 0 aliphatic rings. The van der Waals surface area contributed by atoms with E-state index in [-0.39, 0.29) is 0 Å². The predicted molar refractivity (Wildman–Crippen MR) is 230 cm³/mol. The highest BCUT2D eigenvalue weighted by Gasteiger charge is 2.52. The van der Waals surface area contributed by atoms with Crippen LogP contribution in [0.2, 0.25) is 0 Å². The van der Waals surface area contributed by atoms with Crippen molar-refractivity contribution < 1.29 is 92.7 Å². The zero-order chi connectivity index (χ0) is 53.5. The van der Waals surface area contributed by atoms with Crippen LogP contribution >= 0.6 is 0 Å². The summed E-state index contributed by atoms with van der Waals surface area (Å²) >= 11 is 0. The van der Waals surface area contributed by atoms with Crippen molar-refractivity contribution in [1.29, 1.82) is 0 Å². The lowest BCUT2D eigenvalue weighted by Crippen LogP contribution is -3.09. The van der Waals surface area contributed by atoms with E-state index in [0.717, 1.165) is 0 Å². The lowest BCUT2D eigenvalue weighted by molar-refractivity contribution is -0.880. The van der Waals surface area contributed by atoms with Crippen molar-refractivity contribution in [3.8, 4) is 0 Å². The smallest absolute Gasteiger partial charge is 0.200 e. The molecular weight excluding hydrogens is 993 g/mol. The summed E-state index contributed by atoms with van der Waals surface area (Å²) < 4.78 is 294. The molecule has 4 rings (SSSR count). The summed E-state index contributed by atoms with van der Waals surface area (Å²) in [5.41, 5.74) is -14.3. The Morgan fingerprint density at radius 3 is 0.535 bits per heavy atom. The van der Waals surface area contributed by atoms with Crippen LogP contribution in [0.4, 0.5) is 87.8 Å². The van der Waals surface area contributed by atoms with Gasteiger partial charge in [-0.05, 0) is 25.7 Å². The third-order valence-electron chi connectivity index (χ3n) is 12.6. The Morgan fingerprint density at radius 1 is 0.225 bits per heavy atom. The molecule has 0 aliphatic carbocycles. The number of quaternary nitrogens is 1. The molecule has 0 amide bonds. The number of unbranched alkanes of at least 4 members (excludes halogenated alkanes) is 18. The van der Waals surface area contributed by atoms with Crippen LogP contribution < -0.4 is 26.8 Å². The zero-order valence-electron chi connectivity index (χ0n) is 39.2. The lowest BCUT2D eigenvalue weighted by atomic mass is 9.12. The normalized spacial score (nSPS) is 11.8. The summed E-state index contributed by atoms with van der Waals surface area (Å²) in [7, 11) is 2.40. The molecule has 0 atom stereocenters. The fraction of sp³-hybridized carbons (Fsp3) is 0.510. The Hall–Kier alpha value is -4.50. The molecule has 1 nitrogen and oxygen atoms in total. The van der Waals surface area contributed by atoms with Crippen molar-refractivity contribution in [1.82, 2.24) is 0 Å². The van der Waals surface area contributed by atoms with Crippen molar-refractivity contribution in [3.63, 3.8) is 0 Å². The van der Waals surface area contributed by atoms with Gasteiger partial charge >= 0.3 is 0 Å². The summed E-state index contributed by atoms with van der Waals surface area (Å²) in [4.78, 5) is 1.77. The quantitative estimate of drug-likeness (QED) is 0.0210. The van der Waals surface area contributed by atoms with Crippen LogP contribution in [0.15, 0.2) is 0 Å². The summed E-state index contributed by atoms with van der Waals surface area (Å²) in [5, 5.41) is 0. The molecule has 0 fully saturated rings. The molecule has 0 unspecified atom stereocenters. The molecule has 0 heterocycles. The van der Waals surface area contributed by atoms with E-state index in [9.17, 15) is 52.7 Å². The molecule has 4 aromatic rings. The van der Waals surface area contributed by atoms with Crippen LogP contribution in [0.3, 0.4) is 0 Å². The Kier molecular flexibility index (Phi) is 24.1. The first-order valence-corrected chi connectivity index (χ1v) is 23.6. The van der Waals surface area contributed by atoms with E-state index in [1.54, 1.807) is 4.90 Å². The first-order valence-electron chi connectivity index (χ1n) is 23.6. The van der Waals surface area contributed by atoms with Crippen LogP contribution in [0, 0.1) is 116 Å². The molecule has 0 saturated carbocycles. The average Bonchev–Trinajstić information content (AvgIpc) is 3.35. The summed E-state index contributed by atoms with van der Waals surface area (Å²) in [5.74, 6) is -71.4. The molecular formula is C49H54BF20N. The van der Waals surface area contributed by atoms with Gasteiger partial charge in [0.1, 0.15) is 52.7 Å². The first kappa shape index (κ1) is 60.8. The van der Waals surface area contributed by atoms with Gasteiger partial charge in [-0.2, -0.15) is 0 Å². The highest BCUT2D eigenvalue weighted by molar-refractivity contribution is 7.20. The number of hydrogen-bond acceptors (Lipinski definition) is 0. The number of benzene rings is 4. The van der Waals surface area contributed by atoms with Gasteiger partial charge in [0.15, 0.2) is 69.8 Å². The molecule has 0 aliphatic heterocycles.